The number of nitrogens with one attached hydrogen (secondary N) is 1. The van der Waals surface area contributed by atoms with E-state index < -0.39 is 15.9 Å². The molecule has 0 aliphatic rings. The van der Waals surface area contributed by atoms with E-state index in [2.05, 4.69) is 20.0 Å². The van der Waals surface area contributed by atoms with Crippen LogP contribution >= 0.6 is 0 Å². The van der Waals surface area contributed by atoms with Crippen molar-refractivity contribution in [2.45, 2.75) is 19.2 Å². The number of aromatic nitrogens is 5. The van der Waals surface area contributed by atoms with E-state index in [1.807, 2.05) is 6.92 Å². The highest BCUT2D eigenvalue weighted by Gasteiger charge is 2.29. The molecule has 0 spiro atoms. The van der Waals surface area contributed by atoms with Crippen LogP contribution in [0.15, 0.2) is 60.8 Å². The van der Waals surface area contributed by atoms with Gasteiger partial charge in [0.25, 0.3) is 0 Å². The molecule has 0 bridgehead atoms. The molecule has 0 fully saturated rings. The summed E-state index contributed by atoms with van der Waals surface area (Å²) in [6.07, 6.45) is 1.76. The Bertz CT molecular complexity index is 1420. The van der Waals surface area contributed by atoms with Crippen molar-refractivity contribution in [1.82, 2.24) is 29.3 Å². The minimum absolute atomic E-state index is 0.214. The summed E-state index contributed by atoms with van der Waals surface area (Å²) in [5, 5.41) is 12.6. The third-order valence-electron chi connectivity index (χ3n) is 5.13. The fourth-order valence-corrected chi connectivity index (χ4v) is 4.61. The first-order valence-electron chi connectivity index (χ1n) is 10.7. The lowest BCUT2D eigenvalue weighted by Gasteiger charge is -2.16. The maximum Gasteiger partial charge on any atom is 0.303 e. The van der Waals surface area contributed by atoms with Crippen molar-refractivity contribution >= 4 is 15.9 Å². The van der Waals surface area contributed by atoms with Gasteiger partial charge in [-0.25, -0.2) is 13.1 Å². The summed E-state index contributed by atoms with van der Waals surface area (Å²) in [4.78, 5) is 13.2. The zero-order chi connectivity index (χ0) is 25.0. The van der Waals surface area contributed by atoms with Gasteiger partial charge in [0.2, 0.25) is 15.8 Å². The molecule has 0 saturated heterocycles. The van der Waals surface area contributed by atoms with Crippen LogP contribution < -0.4 is 14.2 Å². The van der Waals surface area contributed by atoms with E-state index in [-0.39, 0.29) is 17.4 Å². The molecule has 182 valence electrons. The first-order valence-corrected chi connectivity index (χ1v) is 12.3. The smallest absolute Gasteiger partial charge is 0.303 e. The maximum atomic E-state index is 13.2. The predicted molar refractivity (Wildman–Crippen MR) is 128 cm³/mol. The van der Waals surface area contributed by atoms with Gasteiger partial charge in [-0.3, -0.25) is 14.0 Å². The minimum Gasteiger partial charge on any atom is -0.494 e. The van der Waals surface area contributed by atoms with E-state index in [1.54, 1.807) is 65.5 Å². The topological polar surface area (TPSA) is 130 Å². The summed E-state index contributed by atoms with van der Waals surface area (Å²) in [6.45, 7) is 2.55. The quantitative estimate of drug-likeness (QED) is 0.374. The standard InChI is InChI=1S/C23H24N6O5S/c1-4-28-14-13-17(26-28)21-24-25-22(29(21)20-18(33-2)11-8-12-19(20)34-3)23(30)27-35(31,32)15-16-9-6-5-7-10-16/h5-14H,4,15H2,1-3H3,(H,27,30). The van der Waals surface area contributed by atoms with Crippen molar-refractivity contribution in [3.05, 3.63) is 72.2 Å². The number of sulfonamides is 1. The highest BCUT2D eigenvalue weighted by molar-refractivity contribution is 7.89. The molecule has 2 heterocycles. The summed E-state index contributed by atoms with van der Waals surface area (Å²) in [6, 6.07) is 15.3. The fraction of sp³-hybridized carbons (Fsp3) is 0.217. The van der Waals surface area contributed by atoms with Crippen molar-refractivity contribution in [3.8, 4) is 28.7 Å². The summed E-state index contributed by atoms with van der Waals surface area (Å²) in [5.74, 6) is -0.666. The largest absolute Gasteiger partial charge is 0.494 e. The zero-order valence-corrected chi connectivity index (χ0v) is 20.2. The number of aryl methyl sites for hydroxylation is 1. The number of hydrogen-bond donors (Lipinski definition) is 1. The zero-order valence-electron chi connectivity index (χ0n) is 19.4. The van der Waals surface area contributed by atoms with Crippen LogP contribution in [0, 0.1) is 0 Å². The Morgan fingerprint density at radius 1 is 0.971 bits per heavy atom. The summed E-state index contributed by atoms with van der Waals surface area (Å²) >= 11 is 0. The van der Waals surface area contributed by atoms with Crippen molar-refractivity contribution in [1.29, 1.82) is 0 Å². The second kappa shape index (κ2) is 9.97. The van der Waals surface area contributed by atoms with Crippen LogP contribution in [0.1, 0.15) is 23.1 Å². The molecule has 0 aliphatic carbocycles. The number of nitrogens with zero attached hydrogens (tertiary/aromatic N) is 5. The molecule has 4 rings (SSSR count). The molecular weight excluding hydrogens is 472 g/mol. The monoisotopic (exact) mass is 496 g/mol. The van der Waals surface area contributed by atoms with Crippen molar-refractivity contribution in [2.24, 2.45) is 0 Å². The number of methoxy groups -OCH3 is 2. The predicted octanol–water partition coefficient (Wildman–Crippen LogP) is 2.43. The van der Waals surface area contributed by atoms with E-state index in [0.717, 1.165) is 0 Å². The van der Waals surface area contributed by atoms with Gasteiger partial charge >= 0.3 is 5.91 Å². The average molecular weight is 497 g/mol. The lowest BCUT2D eigenvalue weighted by Crippen LogP contribution is -2.33. The van der Waals surface area contributed by atoms with Crippen LogP contribution in [0.3, 0.4) is 0 Å². The summed E-state index contributed by atoms with van der Waals surface area (Å²) in [7, 11) is -1.09. The van der Waals surface area contributed by atoms with Gasteiger partial charge in [0.1, 0.15) is 22.9 Å². The normalized spacial score (nSPS) is 11.3. The third-order valence-corrected chi connectivity index (χ3v) is 6.34. The Kier molecular flexibility index (Phi) is 6.82. The molecule has 2 aromatic heterocycles. The number of ether oxygens (including phenoxy) is 2. The molecule has 12 heteroatoms. The Morgan fingerprint density at radius 2 is 1.66 bits per heavy atom. The van der Waals surface area contributed by atoms with E-state index >= 15 is 0 Å². The van der Waals surface area contributed by atoms with Gasteiger partial charge in [-0.15, -0.1) is 10.2 Å². The molecule has 0 radical (unpaired) electrons. The van der Waals surface area contributed by atoms with Crippen LogP contribution in [0.2, 0.25) is 0 Å². The third kappa shape index (κ3) is 5.01. The first kappa shape index (κ1) is 24.0. The van der Waals surface area contributed by atoms with Crippen LogP contribution in [-0.4, -0.2) is 53.1 Å². The van der Waals surface area contributed by atoms with Gasteiger partial charge in [0.05, 0.1) is 20.0 Å². The molecule has 4 aromatic rings. The van der Waals surface area contributed by atoms with Crippen LogP contribution in [-0.2, 0) is 22.3 Å². The Morgan fingerprint density at radius 3 is 2.26 bits per heavy atom. The first-order chi connectivity index (χ1) is 16.9. The molecule has 0 aliphatic heterocycles. The lowest BCUT2D eigenvalue weighted by molar-refractivity contribution is 0.0969. The fourth-order valence-electron chi connectivity index (χ4n) is 3.53. The van der Waals surface area contributed by atoms with Crippen LogP contribution in [0.4, 0.5) is 0 Å². The van der Waals surface area contributed by atoms with Crippen LogP contribution in [0.5, 0.6) is 11.5 Å². The molecule has 2 aromatic carbocycles. The van der Waals surface area contributed by atoms with Crippen LogP contribution in [0.25, 0.3) is 17.2 Å². The second-order valence-electron chi connectivity index (χ2n) is 7.43. The van der Waals surface area contributed by atoms with Crippen molar-refractivity contribution in [2.75, 3.05) is 14.2 Å². The Labute approximate surface area is 202 Å². The second-order valence-corrected chi connectivity index (χ2v) is 9.15. The number of carbonyl (C=O) groups excluding carboxylic acids is 1. The Balaban J connectivity index is 1.82. The Hall–Kier alpha value is -4.19. The van der Waals surface area contributed by atoms with Gasteiger partial charge in [0.15, 0.2) is 5.82 Å². The molecule has 0 atom stereocenters. The number of carbonyl (C=O) groups is 1. The number of para-hydroxylation sites is 1. The van der Waals surface area contributed by atoms with E-state index in [4.69, 9.17) is 9.47 Å². The molecule has 35 heavy (non-hydrogen) atoms. The highest BCUT2D eigenvalue weighted by Crippen LogP contribution is 2.36. The molecule has 11 nitrogen and oxygen atoms in total. The SMILES string of the molecule is CCn1ccc(-c2nnc(C(=O)NS(=O)(=O)Cc3ccccc3)n2-c2c(OC)cccc2OC)n1. The number of rotatable bonds is 9. The average Bonchev–Trinajstić information content (AvgIpc) is 3.50. The van der Waals surface area contributed by atoms with Gasteiger partial charge in [0, 0.05) is 12.7 Å². The lowest BCUT2D eigenvalue weighted by atomic mass is 10.2. The number of amides is 1. The molecule has 0 saturated carbocycles. The van der Waals surface area contributed by atoms with Gasteiger partial charge in [-0.1, -0.05) is 36.4 Å². The van der Waals surface area contributed by atoms with Gasteiger partial charge in [-0.05, 0) is 30.7 Å². The maximum absolute atomic E-state index is 13.2. The van der Waals surface area contributed by atoms with Crippen molar-refractivity contribution < 1.29 is 22.7 Å². The van der Waals surface area contributed by atoms with E-state index in [9.17, 15) is 13.2 Å². The van der Waals surface area contributed by atoms with E-state index in [1.165, 1.54) is 18.8 Å². The van der Waals surface area contributed by atoms with E-state index in [0.29, 0.717) is 35.0 Å². The van der Waals surface area contributed by atoms with Crippen molar-refractivity contribution in [3.63, 3.8) is 0 Å². The summed E-state index contributed by atoms with van der Waals surface area (Å²) in [5.41, 5.74) is 1.29. The minimum atomic E-state index is -4.03. The molecule has 1 amide bonds. The van der Waals surface area contributed by atoms with Gasteiger partial charge in [-0.2, -0.15) is 5.10 Å². The highest BCUT2D eigenvalue weighted by atomic mass is 32.2. The molecular formula is C23H24N6O5S. The number of benzene rings is 2. The molecule has 0 unspecified atom stereocenters. The molecule has 1 N–H and O–H groups in total. The summed E-state index contributed by atoms with van der Waals surface area (Å²) < 4.78 is 41.7. The van der Waals surface area contributed by atoms with Gasteiger partial charge < -0.3 is 9.47 Å². The number of hydrogen-bond acceptors (Lipinski definition) is 8.